The zero-order valence-electron chi connectivity index (χ0n) is 11.9. The summed E-state index contributed by atoms with van der Waals surface area (Å²) < 4.78 is 5.34. The molecule has 7 heteroatoms. The van der Waals surface area contributed by atoms with Gasteiger partial charge in [-0.1, -0.05) is 6.42 Å². The predicted molar refractivity (Wildman–Crippen MR) is 72.3 cm³/mol. The van der Waals surface area contributed by atoms with E-state index in [2.05, 4.69) is 15.6 Å². The Morgan fingerprint density at radius 3 is 2.55 bits per heavy atom. The minimum atomic E-state index is -0.785. The Balaban J connectivity index is 2.07. The molecule has 0 aliphatic carbocycles. The molecule has 1 heterocycles. The van der Waals surface area contributed by atoms with Gasteiger partial charge in [0.25, 0.3) is 0 Å². The average molecular weight is 283 g/mol. The second kappa shape index (κ2) is 8.19. The first-order chi connectivity index (χ1) is 9.49. The smallest absolute Gasteiger partial charge is 0.315 e. The minimum Gasteiger partial charge on any atom is -0.481 e. The maximum Gasteiger partial charge on any atom is 0.315 e. The summed E-state index contributed by atoms with van der Waals surface area (Å²) in [6.07, 6.45) is 2.35. The number of oxazole rings is 1. The summed E-state index contributed by atoms with van der Waals surface area (Å²) in [4.78, 5) is 25.9. The number of amides is 2. The monoisotopic (exact) mass is 283 g/mol. The Labute approximate surface area is 117 Å². The van der Waals surface area contributed by atoms with Crippen molar-refractivity contribution in [2.24, 2.45) is 0 Å². The summed E-state index contributed by atoms with van der Waals surface area (Å²) in [5, 5.41) is 13.8. The molecule has 3 N–H and O–H groups in total. The molecule has 0 unspecified atom stereocenters. The number of urea groups is 1. The van der Waals surface area contributed by atoms with Crippen LogP contribution in [0.4, 0.5) is 4.79 Å². The number of carbonyl (C=O) groups excluding carboxylic acids is 1. The molecule has 1 aromatic rings. The third-order valence-electron chi connectivity index (χ3n) is 2.83. The van der Waals surface area contributed by atoms with Crippen molar-refractivity contribution >= 4 is 12.0 Å². The summed E-state index contributed by atoms with van der Waals surface area (Å²) in [5.41, 5.74) is 0.820. The van der Waals surface area contributed by atoms with Gasteiger partial charge in [0.2, 0.25) is 5.89 Å². The van der Waals surface area contributed by atoms with Gasteiger partial charge in [0.05, 0.1) is 12.2 Å². The lowest BCUT2D eigenvalue weighted by Crippen LogP contribution is -2.35. The van der Waals surface area contributed by atoms with Crippen LogP contribution in [0.15, 0.2) is 4.42 Å². The van der Waals surface area contributed by atoms with Gasteiger partial charge in [0.15, 0.2) is 0 Å². The van der Waals surface area contributed by atoms with E-state index in [0.717, 1.165) is 24.3 Å². The summed E-state index contributed by atoms with van der Waals surface area (Å²) >= 11 is 0. The molecule has 1 rings (SSSR count). The average Bonchev–Trinajstić information content (AvgIpc) is 2.70. The van der Waals surface area contributed by atoms with Crippen LogP contribution in [-0.4, -0.2) is 28.6 Å². The summed E-state index contributed by atoms with van der Waals surface area (Å²) in [6.45, 7) is 4.44. The zero-order valence-corrected chi connectivity index (χ0v) is 11.9. The molecule has 2 amide bonds. The summed E-state index contributed by atoms with van der Waals surface area (Å²) in [6, 6.07) is -0.281. The first kappa shape index (κ1) is 16.0. The highest BCUT2D eigenvalue weighted by Gasteiger charge is 2.06. The molecule has 0 radical (unpaired) electrons. The van der Waals surface area contributed by atoms with Gasteiger partial charge in [-0.05, 0) is 26.7 Å². The molecule has 0 bridgehead atoms. The molecule has 20 heavy (non-hydrogen) atoms. The van der Waals surface area contributed by atoms with E-state index in [0.29, 0.717) is 18.9 Å². The minimum absolute atomic E-state index is 0.176. The van der Waals surface area contributed by atoms with E-state index >= 15 is 0 Å². The van der Waals surface area contributed by atoms with Crippen LogP contribution in [0, 0.1) is 13.8 Å². The highest BCUT2D eigenvalue weighted by Crippen LogP contribution is 2.07. The number of aryl methyl sites for hydroxylation is 2. The highest BCUT2D eigenvalue weighted by molar-refractivity contribution is 5.73. The molecule has 0 saturated carbocycles. The maximum absolute atomic E-state index is 11.5. The van der Waals surface area contributed by atoms with Gasteiger partial charge in [-0.25, -0.2) is 9.78 Å². The fraction of sp³-hybridized carbons (Fsp3) is 0.615. The molecule has 112 valence electrons. The third-order valence-corrected chi connectivity index (χ3v) is 2.83. The van der Waals surface area contributed by atoms with E-state index in [-0.39, 0.29) is 19.0 Å². The first-order valence-electron chi connectivity index (χ1n) is 6.65. The highest BCUT2D eigenvalue weighted by atomic mass is 16.4. The van der Waals surface area contributed by atoms with Crippen LogP contribution in [0.1, 0.15) is 43.0 Å². The van der Waals surface area contributed by atoms with Gasteiger partial charge >= 0.3 is 12.0 Å². The number of aromatic nitrogens is 1. The van der Waals surface area contributed by atoms with Crippen LogP contribution in [0.2, 0.25) is 0 Å². The Morgan fingerprint density at radius 1 is 1.20 bits per heavy atom. The topological polar surface area (TPSA) is 104 Å². The number of hydrogen-bond donors (Lipinski definition) is 3. The standard InChI is InChI=1S/C13H21N3O4/c1-9-10(2)20-11(16-9)8-15-13(19)14-7-5-3-4-6-12(17)18/h3-8H2,1-2H3,(H,17,18)(H2,14,15,19). The second-order valence-electron chi connectivity index (χ2n) is 4.56. The lowest BCUT2D eigenvalue weighted by molar-refractivity contribution is -0.137. The van der Waals surface area contributed by atoms with E-state index in [1.165, 1.54) is 0 Å². The molecule has 0 saturated heterocycles. The van der Waals surface area contributed by atoms with Crippen LogP contribution in [-0.2, 0) is 11.3 Å². The fourth-order valence-electron chi connectivity index (χ4n) is 1.61. The Kier molecular flexibility index (Phi) is 6.55. The number of nitrogens with zero attached hydrogens (tertiary/aromatic N) is 1. The number of unbranched alkanes of at least 4 members (excludes halogenated alkanes) is 2. The molecule has 7 nitrogen and oxygen atoms in total. The lowest BCUT2D eigenvalue weighted by Gasteiger charge is -2.05. The van der Waals surface area contributed by atoms with E-state index in [1.54, 1.807) is 0 Å². The van der Waals surface area contributed by atoms with Crippen LogP contribution < -0.4 is 10.6 Å². The van der Waals surface area contributed by atoms with Crippen LogP contribution in [0.3, 0.4) is 0 Å². The quantitative estimate of drug-likeness (QED) is 0.630. The molecule has 0 fully saturated rings. The Hall–Kier alpha value is -2.05. The van der Waals surface area contributed by atoms with Crippen LogP contribution in [0.25, 0.3) is 0 Å². The number of carbonyl (C=O) groups is 2. The summed E-state index contributed by atoms with van der Waals surface area (Å²) in [5.74, 6) is 0.449. The van der Waals surface area contributed by atoms with Crippen molar-refractivity contribution in [3.8, 4) is 0 Å². The van der Waals surface area contributed by atoms with Crippen LogP contribution >= 0.6 is 0 Å². The van der Waals surface area contributed by atoms with Crippen molar-refractivity contribution in [3.05, 3.63) is 17.3 Å². The normalized spacial score (nSPS) is 10.3. The van der Waals surface area contributed by atoms with Crippen molar-refractivity contribution in [2.75, 3.05) is 6.54 Å². The van der Waals surface area contributed by atoms with Crippen molar-refractivity contribution in [2.45, 2.75) is 46.1 Å². The van der Waals surface area contributed by atoms with E-state index in [4.69, 9.17) is 9.52 Å². The lowest BCUT2D eigenvalue weighted by atomic mass is 10.2. The number of rotatable bonds is 8. The predicted octanol–water partition coefficient (Wildman–Crippen LogP) is 1.74. The molecular formula is C13H21N3O4. The third kappa shape index (κ3) is 6.21. The van der Waals surface area contributed by atoms with Crippen molar-refractivity contribution < 1.29 is 19.1 Å². The molecule has 0 aliphatic heterocycles. The zero-order chi connectivity index (χ0) is 15.0. The number of carboxylic acids is 1. The maximum atomic E-state index is 11.5. The number of hydrogen-bond acceptors (Lipinski definition) is 4. The van der Waals surface area contributed by atoms with Gasteiger partial charge in [0.1, 0.15) is 5.76 Å². The van der Waals surface area contributed by atoms with E-state index in [1.807, 2.05) is 13.8 Å². The Morgan fingerprint density at radius 2 is 1.95 bits per heavy atom. The van der Waals surface area contributed by atoms with Gasteiger partial charge < -0.3 is 20.2 Å². The first-order valence-corrected chi connectivity index (χ1v) is 6.65. The molecule has 0 aromatic carbocycles. The number of carboxylic acid groups (broad SMARTS) is 1. The molecule has 0 aliphatic rings. The SMILES string of the molecule is Cc1nc(CNC(=O)NCCCCCC(=O)O)oc1C. The molecule has 0 spiro atoms. The van der Waals surface area contributed by atoms with Gasteiger partial charge in [0, 0.05) is 13.0 Å². The number of aliphatic carboxylic acids is 1. The Bertz CT molecular complexity index is 437. The van der Waals surface area contributed by atoms with Crippen molar-refractivity contribution in [3.63, 3.8) is 0 Å². The van der Waals surface area contributed by atoms with Gasteiger partial charge in [-0.3, -0.25) is 4.79 Å². The van der Waals surface area contributed by atoms with Gasteiger partial charge in [-0.2, -0.15) is 0 Å². The van der Waals surface area contributed by atoms with Crippen molar-refractivity contribution in [1.29, 1.82) is 0 Å². The molecule has 0 atom stereocenters. The summed E-state index contributed by atoms with van der Waals surface area (Å²) in [7, 11) is 0. The van der Waals surface area contributed by atoms with Gasteiger partial charge in [-0.15, -0.1) is 0 Å². The number of nitrogens with one attached hydrogen (secondary N) is 2. The largest absolute Gasteiger partial charge is 0.481 e. The fourth-order valence-corrected chi connectivity index (χ4v) is 1.61. The molecular weight excluding hydrogens is 262 g/mol. The van der Waals surface area contributed by atoms with E-state index in [9.17, 15) is 9.59 Å². The second-order valence-corrected chi connectivity index (χ2v) is 4.56. The van der Waals surface area contributed by atoms with E-state index < -0.39 is 5.97 Å². The van der Waals surface area contributed by atoms with Crippen LogP contribution in [0.5, 0.6) is 0 Å². The van der Waals surface area contributed by atoms with Crippen molar-refractivity contribution in [1.82, 2.24) is 15.6 Å². The molecule has 1 aromatic heterocycles.